The van der Waals surface area contributed by atoms with Crippen LogP contribution in [0.25, 0.3) is 0 Å². The van der Waals surface area contributed by atoms with Crippen molar-refractivity contribution in [2.45, 2.75) is 179 Å². The molecule has 0 spiro atoms. The number of likely N-dealkylation sites (N-methyl/N-ethyl adjacent to an activating group) is 2. The molecule has 2 aromatic rings. The molecule has 7 amide bonds. The van der Waals surface area contributed by atoms with E-state index in [4.69, 9.17) is 34.2 Å². The zero-order chi connectivity index (χ0) is 56.5. The lowest BCUT2D eigenvalue weighted by molar-refractivity contribution is -0.155. The summed E-state index contributed by atoms with van der Waals surface area (Å²) in [5, 5.41) is 17.8. The van der Waals surface area contributed by atoms with Crippen LogP contribution in [-0.4, -0.2) is 173 Å². The molecule has 0 unspecified atom stereocenters. The highest BCUT2D eigenvalue weighted by atomic mass is 16.6. The summed E-state index contributed by atoms with van der Waals surface area (Å²) in [6.07, 6.45) is 1.40. The number of carboxylic acids is 1. The lowest BCUT2D eigenvalue weighted by Crippen LogP contribution is -2.57. The molecule has 23 nitrogen and oxygen atoms in total. The zero-order valence-electron chi connectivity index (χ0n) is 45.9. The molecule has 2 aromatic carbocycles. The first kappa shape index (κ1) is 59.5. The van der Waals surface area contributed by atoms with Crippen molar-refractivity contribution >= 4 is 47.7 Å². The van der Waals surface area contributed by atoms with Crippen molar-refractivity contribution in [1.29, 1.82) is 0 Å². The van der Waals surface area contributed by atoms with Gasteiger partial charge < -0.3 is 65.0 Å². The Labute approximate surface area is 450 Å². The van der Waals surface area contributed by atoms with Gasteiger partial charge in [0, 0.05) is 56.9 Å². The van der Waals surface area contributed by atoms with Gasteiger partial charge in [-0.15, -0.1) is 0 Å². The summed E-state index contributed by atoms with van der Waals surface area (Å²) in [4.78, 5) is 106. The van der Waals surface area contributed by atoms with Crippen LogP contribution in [0.4, 0.5) is 9.59 Å². The van der Waals surface area contributed by atoms with Crippen molar-refractivity contribution in [1.82, 2.24) is 35.6 Å². The van der Waals surface area contributed by atoms with E-state index >= 15 is 0 Å². The minimum atomic E-state index is -1.09. The van der Waals surface area contributed by atoms with E-state index in [1.807, 2.05) is 48.5 Å². The van der Waals surface area contributed by atoms with Crippen LogP contribution >= 0.6 is 0 Å². The summed E-state index contributed by atoms with van der Waals surface area (Å²) in [5.74, 6) is -1.51. The largest absolute Gasteiger partial charge is 0.493 e. The maximum atomic E-state index is 13.6. The lowest BCUT2D eigenvalue weighted by Gasteiger charge is -2.33. The summed E-state index contributed by atoms with van der Waals surface area (Å²) < 4.78 is 33.2. The number of nitrogens with one attached hydrogen (secondary N) is 3. The van der Waals surface area contributed by atoms with Gasteiger partial charge in [0.1, 0.15) is 71.4 Å². The number of para-hydroxylation sites is 2. The Hall–Kier alpha value is -6.72. The smallest absolute Gasteiger partial charge is 0.410 e. The quantitative estimate of drug-likeness (QED) is 0.236. The van der Waals surface area contributed by atoms with E-state index in [1.165, 1.54) is 35.7 Å². The Morgan fingerprint density at radius 2 is 1.01 bits per heavy atom. The number of nitrogens with zero attached hydrogens (tertiary/aromatic N) is 4. The first-order valence-corrected chi connectivity index (χ1v) is 26.4. The second-order valence-corrected chi connectivity index (χ2v) is 21.9. The van der Waals surface area contributed by atoms with Crippen LogP contribution in [0.5, 0.6) is 11.5 Å². The highest BCUT2D eigenvalue weighted by Crippen LogP contribution is 2.35. The van der Waals surface area contributed by atoms with Crippen molar-refractivity contribution in [2.75, 3.05) is 40.5 Å². The molecule has 10 atom stereocenters. The fourth-order valence-electron chi connectivity index (χ4n) is 9.55. The van der Waals surface area contributed by atoms with Gasteiger partial charge >= 0.3 is 18.2 Å². The first-order valence-electron chi connectivity index (χ1n) is 26.4. The number of carbonyl (C=O) groups excluding carboxylic acids is 7. The number of carboxylic acid groups (broad SMARTS) is 1. The lowest BCUT2D eigenvalue weighted by atomic mass is 10.00. The highest BCUT2D eigenvalue weighted by molar-refractivity contribution is 5.95. The Bertz CT molecular complexity index is 2460. The molecule has 0 aromatic heterocycles. The summed E-state index contributed by atoms with van der Waals surface area (Å²) in [5.41, 5.74) is 6.51. The molecule has 6 heterocycles. The van der Waals surface area contributed by atoms with Crippen molar-refractivity contribution in [3.05, 3.63) is 59.7 Å². The number of amides is 7. The van der Waals surface area contributed by atoms with Gasteiger partial charge in [-0.2, -0.15) is 0 Å². The molecule has 424 valence electrons. The van der Waals surface area contributed by atoms with Crippen LogP contribution in [0.2, 0.25) is 0 Å². The molecule has 4 fully saturated rings. The van der Waals surface area contributed by atoms with E-state index in [-0.39, 0.29) is 50.0 Å². The van der Waals surface area contributed by atoms with Crippen molar-refractivity contribution in [3.63, 3.8) is 0 Å². The molecule has 4 saturated heterocycles. The van der Waals surface area contributed by atoms with E-state index in [9.17, 15) is 43.5 Å². The summed E-state index contributed by atoms with van der Waals surface area (Å²) >= 11 is 0. The molecule has 77 heavy (non-hydrogen) atoms. The average molecular weight is 1080 g/mol. The average Bonchev–Trinajstić information content (AvgIpc) is 3.97. The molecule has 23 heteroatoms. The summed E-state index contributed by atoms with van der Waals surface area (Å²) in [7, 11) is 2.91. The van der Waals surface area contributed by atoms with Crippen molar-refractivity contribution < 1.29 is 71.9 Å². The Balaban J connectivity index is 0.000000214. The normalized spacial score (nSPS) is 25.3. The standard InChI is InChI=1S/C27H38N4O7.C18H29N3O7.C9H11NO/c1-16(30(5)26(35)38-27(2,3)4)23(32)29-19-13-15-37-22-11-10-20(31(22)25(19)34)24(33)28-18-12-14-36-21-9-7-6-8-17(18)21;1-10(20(5)17(26)28-18(2,3)4)14(22)19-11-8-9-27-13-7-6-12(16(24)25)21(13)15(11)23;10-8-5-6-11-9-4-2-1-3-7(8)9/h6-9,16,18-20,22H,10-15H2,1-5H3,(H,28,33)(H,29,32);10-13H,6-9H2,1-5H3,(H,19,22)(H,24,25);1-4,8H,5-6,10H2/t16-,18+,19-,20-,22-;10-,11-,12-,13-;8-/m001/s1. The second kappa shape index (κ2) is 25.6. The van der Waals surface area contributed by atoms with Gasteiger partial charge in [-0.05, 0) is 93.2 Å². The number of ether oxygens (including phenoxy) is 6. The van der Waals surface area contributed by atoms with Crippen molar-refractivity contribution in [2.24, 2.45) is 5.73 Å². The number of nitrogens with two attached hydrogens (primary N) is 1. The summed E-state index contributed by atoms with van der Waals surface area (Å²) in [6, 6.07) is 10.3. The number of hydrogen-bond donors (Lipinski definition) is 5. The number of aliphatic carboxylic acids is 1. The minimum absolute atomic E-state index is 0.167. The number of fused-ring (bicyclic) bond motifs is 4. The molecule has 6 aliphatic rings. The van der Waals surface area contributed by atoms with Crippen LogP contribution < -0.4 is 31.2 Å². The molecule has 0 radical (unpaired) electrons. The first-order chi connectivity index (χ1) is 36.3. The van der Waals surface area contributed by atoms with Gasteiger partial charge in [0.15, 0.2) is 0 Å². The fourth-order valence-corrected chi connectivity index (χ4v) is 9.55. The topological polar surface area (TPSA) is 287 Å². The molecule has 6 N–H and O–H groups in total. The monoisotopic (exact) mass is 1080 g/mol. The fraction of sp³-hybridized carbons (Fsp3) is 0.630. The predicted molar refractivity (Wildman–Crippen MR) is 278 cm³/mol. The second-order valence-electron chi connectivity index (χ2n) is 21.9. The Kier molecular flexibility index (Phi) is 19.8. The van der Waals surface area contributed by atoms with E-state index in [2.05, 4.69) is 16.0 Å². The van der Waals surface area contributed by atoms with E-state index in [0.717, 1.165) is 40.6 Å². The van der Waals surface area contributed by atoms with Gasteiger partial charge in [0.05, 0.1) is 32.5 Å². The number of benzene rings is 2. The van der Waals surface area contributed by atoms with Crippen LogP contribution in [0.3, 0.4) is 0 Å². The molecule has 0 saturated carbocycles. The van der Waals surface area contributed by atoms with Gasteiger partial charge in [-0.1, -0.05) is 36.4 Å². The number of hydrogen-bond acceptors (Lipinski definition) is 15. The van der Waals surface area contributed by atoms with E-state index < -0.39 is 95.8 Å². The van der Waals surface area contributed by atoms with Crippen LogP contribution in [0.1, 0.15) is 130 Å². The Morgan fingerprint density at radius 3 is 1.48 bits per heavy atom. The SMILES string of the molecule is C[C@@H](C(=O)N[C@H]1CCO[C@H]2CC[C@@H](C(=O)N[C@@H]3CCOc4ccccc43)N2C1=O)N(C)C(=O)OC(C)(C)C.C[C@@H](C(=O)N[C@H]1CCO[C@H]2CC[C@@H](C(=O)O)N2C1=O)N(C)C(=O)OC(C)(C)C.N[C@@H]1CCOc2ccccc21. The molecule has 0 aliphatic carbocycles. The summed E-state index contributed by atoms with van der Waals surface area (Å²) in [6.45, 7) is 15.2. The maximum absolute atomic E-state index is 13.6. The molecular weight excluding hydrogens is 1000 g/mol. The number of carbonyl (C=O) groups is 8. The number of rotatable bonds is 9. The molecular formula is C54H78N8O15. The van der Waals surface area contributed by atoms with Crippen LogP contribution in [0.15, 0.2) is 48.5 Å². The van der Waals surface area contributed by atoms with Gasteiger partial charge in [-0.25, -0.2) is 14.4 Å². The van der Waals surface area contributed by atoms with Gasteiger partial charge in [0.25, 0.3) is 0 Å². The highest BCUT2D eigenvalue weighted by Gasteiger charge is 2.48. The third-order valence-electron chi connectivity index (χ3n) is 14.0. The van der Waals surface area contributed by atoms with Crippen LogP contribution in [0, 0.1) is 0 Å². The third kappa shape index (κ3) is 15.3. The van der Waals surface area contributed by atoms with Crippen LogP contribution in [-0.2, 0) is 47.7 Å². The molecule has 8 rings (SSSR count). The van der Waals surface area contributed by atoms with Gasteiger partial charge in [0.2, 0.25) is 29.5 Å². The molecule has 6 aliphatic heterocycles. The predicted octanol–water partition coefficient (Wildman–Crippen LogP) is 4.12. The van der Waals surface area contributed by atoms with E-state index in [1.54, 1.807) is 48.5 Å². The minimum Gasteiger partial charge on any atom is -0.493 e. The Morgan fingerprint density at radius 1 is 0.597 bits per heavy atom. The molecule has 0 bridgehead atoms. The van der Waals surface area contributed by atoms with E-state index in [0.29, 0.717) is 38.7 Å². The third-order valence-corrected chi connectivity index (χ3v) is 14.0. The zero-order valence-corrected chi connectivity index (χ0v) is 45.9. The van der Waals surface area contributed by atoms with Gasteiger partial charge in [-0.3, -0.25) is 33.8 Å². The maximum Gasteiger partial charge on any atom is 0.410 e. The van der Waals surface area contributed by atoms with Crippen molar-refractivity contribution in [3.8, 4) is 11.5 Å².